The molecule has 0 aliphatic heterocycles. The molecule has 2 aromatic rings. The van der Waals surface area contributed by atoms with Crippen LogP contribution in [0.15, 0.2) is 42.7 Å². The standard InChI is InChI=1S/C17H21FN2O/c1-3-8-21-16-9-14(11-20-12-16)17(2,19)10-13-4-6-15(18)7-5-13/h4-7,9,11-12H,3,8,10,19H2,1-2H3. The van der Waals surface area contributed by atoms with Crippen molar-refractivity contribution in [2.75, 3.05) is 6.61 Å². The van der Waals surface area contributed by atoms with Gasteiger partial charge in [-0.3, -0.25) is 4.98 Å². The third-order valence-corrected chi connectivity index (χ3v) is 3.33. The Morgan fingerprint density at radius 3 is 2.62 bits per heavy atom. The quantitative estimate of drug-likeness (QED) is 0.886. The molecule has 0 fully saturated rings. The molecule has 3 nitrogen and oxygen atoms in total. The number of ether oxygens (including phenoxy) is 1. The molecule has 0 saturated carbocycles. The molecular formula is C17H21FN2O. The van der Waals surface area contributed by atoms with Gasteiger partial charge in [-0.1, -0.05) is 19.1 Å². The lowest BCUT2D eigenvalue weighted by Crippen LogP contribution is -2.35. The molecule has 2 rings (SSSR count). The van der Waals surface area contributed by atoms with E-state index in [1.807, 2.05) is 13.0 Å². The second kappa shape index (κ2) is 6.68. The highest BCUT2D eigenvalue weighted by molar-refractivity contribution is 5.31. The van der Waals surface area contributed by atoms with Crippen LogP contribution in [0.5, 0.6) is 5.75 Å². The largest absolute Gasteiger partial charge is 0.492 e. The monoisotopic (exact) mass is 288 g/mol. The van der Waals surface area contributed by atoms with E-state index < -0.39 is 5.54 Å². The van der Waals surface area contributed by atoms with Crippen LogP contribution < -0.4 is 10.5 Å². The Labute approximate surface area is 125 Å². The summed E-state index contributed by atoms with van der Waals surface area (Å²) in [5.41, 5.74) is 7.72. The summed E-state index contributed by atoms with van der Waals surface area (Å²) in [5.74, 6) is 0.485. The van der Waals surface area contributed by atoms with Crippen LogP contribution >= 0.6 is 0 Å². The van der Waals surface area contributed by atoms with Crippen molar-refractivity contribution in [1.29, 1.82) is 0 Å². The Morgan fingerprint density at radius 2 is 1.95 bits per heavy atom. The van der Waals surface area contributed by atoms with Gasteiger partial charge in [0.05, 0.1) is 12.8 Å². The maximum Gasteiger partial charge on any atom is 0.137 e. The minimum atomic E-state index is -0.587. The fourth-order valence-corrected chi connectivity index (χ4v) is 2.16. The molecule has 0 radical (unpaired) electrons. The summed E-state index contributed by atoms with van der Waals surface area (Å²) in [7, 11) is 0. The molecule has 0 amide bonds. The van der Waals surface area contributed by atoms with Gasteiger partial charge in [0.2, 0.25) is 0 Å². The number of nitrogens with zero attached hydrogens (tertiary/aromatic N) is 1. The fourth-order valence-electron chi connectivity index (χ4n) is 2.16. The molecule has 1 aromatic carbocycles. The third kappa shape index (κ3) is 4.26. The topological polar surface area (TPSA) is 48.1 Å². The molecular weight excluding hydrogens is 267 g/mol. The molecule has 0 aliphatic carbocycles. The number of rotatable bonds is 6. The second-order valence-electron chi connectivity index (χ2n) is 5.48. The van der Waals surface area contributed by atoms with Crippen molar-refractivity contribution in [3.05, 3.63) is 59.7 Å². The van der Waals surface area contributed by atoms with Crippen LogP contribution in [-0.4, -0.2) is 11.6 Å². The predicted octanol–water partition coefficient (Wildman–Crippen LogP) is 3.43. The van der Waals surface area contributed by atoms with Crippen molar-refractivity contribution in [2.45, 2.75) is 32.2 Å². The Hall–Kier alpha value is -1.94. The number of nitrogens with two attached hydrogens (primary N) is 1. The van der Waals surface area contributed by atoms with Crippen LogP contribution in [0.4, 0.5) is 4.39 Å². The van der Waals surface area contributed by atoms with Gasteiger partial charge in [0.25, 0.3) is 0 Å². The minimum Gasteiger partial charge on any atom is -0.492 e. The Bertz CT molecular complexity index is 582. The Balaban J connectivity index is 2.16. The highest BCUT2D eigenvalue weighted by Crippen LogP contribution is 2.25. The summed E-state index contributed by atoms with van der Waals surface area (Å²) >= 11 is 0. The van der Waals surface area contributed by atoms with E-state index in [1.165, 1.54) is 12.1 Å². The molecule has 21 heavy (non-hydrogen) atoms. The number of aromatic nitrogens is 1. The zero-order chi connectivity index (χ0) is 15.3. The van der Waals surface area contributed by atoms with Crippen LogP contribution in [0.1, 0.15) is 31.4 Å². The van der Waals surface area contributed by atoms with E-state index in [0.29, 0.717) is 13.0 Å². The van der Waals surface area contributed by atoms with Gasteiger partial charge in [0.1, 0.15) is 11.6 Å². The molecule has 0 bridgehead atoms. The van der Waals surface area contributed by atoms with Gasteiger partial charge < -0.3 is 10.5 Å². The van der Waals surface area contributed by atoms with Gasteiger partial charge in [0, 0.05) is 11.7 Å². The van der Waals surface area contributed by atoms with E-state index in [9.17, 15) is 4.39 Å². The van der Waals surface area contributed by atoms with Gasteiger partial charge in [-0.15, -0.1) is 0 Å². The molecule has 1 atom stereocenters. The van der Waals surface area contributed by atoms with Gasteiger partial charge in [-0.05, 0) is 49.1 Å². The molecule has 1 unspecified atom stereocenters. The number of hydrogen-bond acceptors (Lipinski definition) is 3. The highest BCUT2D eigenvalue weighted by Gasteiger charge is 2.22. The molecule has 4 heteroatoms. The van der Waals surface area contributed by atoms with Crippen molar-refractivity contribution in [3.63, 3.8) is 0 Å². The lowest BCUT2D eigenvalue weighted by molar-refractivity contribution is 0.314. The number of benzene rings is 1. The molecule has 112 valence electrons. The zero-order valence-electron chi connectivity index (χ0n) is 12.5. The first-order chi connectivity index (χ1) is 10.0. The van der Waals surface area contributed by atoms with Crippen LogP contribution in [0.25, 0.3) is 0 Å². The fraction of sp³-hybridized carbons (Fsp3) is 0.353. The molecule has 0 aliphatic rings. The third-order valence-electron chi connectivity index (χ3n) is 3.33. The second-order valence-corrected chi connectivity index (χ2v) is 5.48. The Kier molecular flexibility index (Phi) is 4.91. The average molecular weight is 288 g/mol. The summed E-state index contributed by atoms with van der Waals surface area (Å²) in [6.07, 6.45) is 4.99. The van der Waals surface area contributed by atoms with Gasteiger partial charge in [-0.2, -0.15) is 0 Å². The SMILES string of the molecule is CCCOc1cncc(C(C)(N)Cc2ccc(F)cc2)c1. The summed E-state index contributed by atoms with van der Waals surface area (Å²) in [6.45, 7) is 4.65. The highest BCUT2D eigenvalue weighted by atomic mass is 19.1. The van der Waals surface area contributed by atoms with Crippen molar-refractivity contribution in [1.82, 2.24) is 4.98 Å². The summed E-state index contributed by atoms with van der Waals surface area (Å²) in [5, 5.41) is 0. The maximum atomic E-state index is 13.0. The summed E-state index contributed by atoms with van der Waals surface area (Å²) in [6, 6.07) is 8.33. The molecule has 0 saturated heterocycles. The van der Waals surface area contributed by atoms with Crippen molar-refractivity contribution < 1.29 is 9.13 Å². The first-order valence-electron chi connectivity index (χ1n) is 7.13. The van der Waals surface area contributed by atoms with Gasteiger partial charge in [0.15, 0.2) is 0 Å². The van der Waals surface area contributed by atoms with E-state index >= 15 is 0 Å². The first-order valence-corrected chi connectivity index (χ1v) is 7.13. The van der Waals surface area contributed by atoms with Crippen LogP contribution in [0, 0.1) is 5.82 Å². The smallest absolute Gasteiger partial charge is 0.137 e. The summed E-state index contributed by atoms with van der Waals surface area (Å²) in [4.78, 5) is 4.19. The number of halogens is 1. The van der Waals surface area contributed by atoms with Crippen molar-refractivity contribution >= 4 is 0 Å². The van der Waals surface area contributed by atoms with Crippen LogP contribution in [0.3, 0.4) is 0 Å². The molecule has 2 N–H and O–H groups in total. The van der Waals surface area contributed by atoms with Crippen LogP contribution in [0.2, 0.25) is 0 Å². The van der Waals surface area contributed by atoms with E-state index in [0.717, 1.165) is 23.3 Å². The normalized spacial score (nSPS) is 13.7. The van der Waals surface area contributed by atoms with E-state index in [1.54, 1.807) is 24.5 Å². The molecule has 1 heterocycles. The van der Waals surface area contributed by atoms with E-state index in [-0.39, 0.29) is 5.82 Å². The lowest BCUT2D eigenvalue weighted by Gasteiger charge is -2.25. The maximum absolute atomic E-state index is 13.0. The minimum absolute atomic E-state index is 0.242. The van der Waals surface area contributed by atoms with Crippen molar-refractivity contribution in [3.8, 4) is 5.75 Å². The van der Waals surface area contributed by atoms with E-state index in [2.05, 4.69) is 11.9 Å². The van der Waals surface area contributed by atoms with Gasteiger partial charge >= 0.3 is 0 Å². The zero-order valence-corrected chi connectivity index (χ0v) is 12.5. The van der Waals surface area contributed by atoms with Gasteiger partial charge in [-0.25, -0.2) is 4.39 Å². The Morgan fingerprint density at radius 1 is 1.24 bits per heavy atom. The predicted molar refractivity (Wildman–Crippen MR) is 81.7 cm³/mol. The molecule has 1 aromatic heterocycles. The summed E-state index contributed by atoms with van der Waals surface area (Å²) < 4.78 is 18.5. The molecule has 0 spiro atoms. The number of pyridine rings is 1. The van der Waals surface area contributed by atoms with E-state index in [4.69, 9.17) is 10.5 Å². The lowest BCUT2D eigenvalue weighted by atomic mass is 9.87. The average Bonchev–Trinajstić information content (AvgIpc) is 2.48. The van der Waals surface area contributed by atoms with Crippen LogP contribution in [-0.2, 0) is 12.0 Å². The first kappa shape index (κ1) is 15.4. The van der Waals surface area contributed by atoms with Crippen molar-refractivity contribution in [2.24, 2.45) is 5.73 Å². The number of hydrogen-bond donors (Lipinski definition) is 1.